The standard InChI is InChI=1S/C22H27ClN2O2/c1-16(2)24-22(27)17(3)25(15-19-11-7-8-12-20(19)23)21(26)14-13-18-9-5-4-6-10-18/h4-12,16-17H,13-15H2,1-3H3,(H,24,27)/t17-/m0/s1. The molecule has 0 bridgehead atoms. The summed E-state index contributed by atoms with van der Waals surface area (Å²) >= 11 is 6.28. The van der Waals surface area contributed by atoms with Gasteiger partial charge in [0.15, 0.2) is 0 Å². The summed E-state index contributed by atoms with van der Waals surface area (Å²) in [5.74, 6) is -0.227. The number of aryl methyl sites for hydroxylation is 1. The number of amides is 2. The van der Waals surface area contributed by atoms with Gasteiger partial charge in [-0.05, 0) is 44.4 Å². The molecule has 0 aliphatic heterocycles. The third-order valence-electron chi connectivity index (χ3n) is 4.37. The normalized spacial score (nSPS) is 11.9. The Balaban J connectivity index is 2.15. The molecule has 0 spiro atoms. The van der Waals surface area contributed by atoms with Crippen LogP contribution in [0.5, 0.6) is 0 Å². The molecule has 0 saturated carbocycles. The number of carbonyl (C=O) groups excluding carboxylic acids is 2. The molecule has 0 saturated heterocycles. The number of carbonyl (C=O) groups is 2. The summed E-state index contributed by atoms with van der Waals surface area (Å²) < 4.78 is 0. The van der Waals surface area contributed by atoms with Crippen molar-refractivity contribution in [1.82, 2.24) is 10.2 Å². The summed E-state index contributed by atoms with van der Waals surface area (Å²) in [6, 6.07) is 16.7. The van der Waals surface area contributed by atoms with Crippen molar-refractivity contribution in [2.24, 2.45) is 0 Å². The summed E-state index contributed by atoms with van der Waals surface area (Å²) in [4.78, 5) is 27.1. The Morgan fingerprint density at radius 3 is 2.26 bits per heavy atom. The van der Waals surface area contributed by atoms with Crippen molar-refractivity contribution in [2.75, 3.05) is 0 Å². The molecule has 0 aromatic heterocycles. The van der Waals surface area contributed by atoms with Gasteiger partial charge < -0.3 is 10.2 Å². The van der Waals surface area contributed by atoms with E-state index in [1.54, 1.807) is 17.9 Å². The predicted octanol–water partition coefficient (Wildman–Crippen LogP) is 4.21. The minimum absolute atomic E-state index is 0.0153. The van der Waals surface area contributed by atoms with Crippen LogP contribution in [-0.4, -0.2) is 28.8 Å². The van der Waals surface area contributed by atoms with Gasteiger partial charge in [-0.25, -0.2) is 0 Å². The van der Waals surface area contributed by atoms with Gasteiger partial charge in [-0.1, -0.05) is 60.1 Å². The summed E-state index contributed by atoms with van der Waals surface area (Å²) in [6.07, 6.45) is 0.977. The highest BCUT2D eigenvalue weighted by Crippen LogP contribution is 2.19. The summed E-state index contributed by atoms with van der Waals surface area (Å²) in [7, 11) is 0. The molecule has 0 radical (unpaired) electrons. The fourth-order valence-corrected chi connectivity index (χ4v) is 3.03. The van der Waals surface area contributed by atoms with Crippen molar-refractivity contribution < 1.29 is 9.59 Å². The van der Waals surface area contributed by atoms with Crippen LogP contribution >= 0.6 is 11.6 Å². The molecule has 2 rings (SSSR count). The molecule has 1 N–H and O–H groups in total. The van der Waals surface area contributed by atoms with Crippen LogP contribution in [0.2, 0.25) is 5.02 Å². The SMILES string of the molecule is CC(C)NC(=O)[C@H](C)N(Cc1ccccc1Cl)C(=O)CCc1ccccc1. The Morgan fingerprint density at radius 1 is 1.00 bits per heavy atom. The van der Waals surface area contributed by atoms with E-state index in [2.05, 4.69) is 5.32 Å². The molecule has 0 fully saturated rings. The van der Waals surface area contributed by atoms with Crippen molar-refractivity contribution in [3.63, 3.8) is 0 Å². The first-order valence-electron chi connectivity index (χ1n) is 9.25. The Bertz CT molecular complexity index is 762. The molecule has 1 atom stereocenters. The van der Waals surface area contributed by atoms with Crippen molar-refractivity contribution in [1.29, 1.82) is 0 Å². The third-order valence-corrected chi connectivity index (χ3v) is 4.74. The van der Waals surface area contributed by atoms with E-state index in [9.17, 15) is 9.59 Å². The Kier molecular flexibility index (Phi) is 7.86. The van der Waals surface area contributed by atoms with Gasteiger partial charge in [0.2, 0.25) is 11.8 Å². The second-order valence-electron chi connectivity index (χ2n) is 6.94. The lowest BCUT2D eigenvalue weighted by Gasteiger charge is -2.29. The van der Waals surface area contributed by atoms with Crippen molar-refractivity contribution in [3.05, 3.63) is 70.7 Å². The van der Waals surface area contributed by atoms with Gasteiger partial charge in [-0.3, -0.25) is 9.59 Å². The van der Waals surface area contributed by atoms with E-state index < -0.39 is 6.04 Å². The van der Waals surface area contributed by atoms with Gasteiger partial charge in [0.1, 0.15) is 6.04 Å². The van der Waals surface area contributed by atoms with Crippen molar-refractivity contribution in [2.45, 2.75) is 52.2 Å². The molecule has 0 unspecified atom stereocenters. The number of hydrogen-bond donors (Lipinski definition) is 1. The molecular weight excluding hydrogens is 360 g/mol. The molecule has 0 aliphatic carbocycles. The van der Waals surface area contributed by atoms with Crippen molar-refractivity contribution >= 4 is 23.4 Å². The fourth-order valence-electron chi connectivity index (χ4n) is 2.84. The highest BCUT2D eigenvalue weighted by molar-refractivity contribution is 6.31. The first-order chi connectivity index (χ1) is 12.9. The van der Waals surface area contributed by atoms with Gasteiger partial charge in [0.25, 0.3) is 0 Å². The van der Waals surface area contributed by atoms with Gasteiger partial charge in [-0.2, -0.15) is 0 Å². The van der Waals surface area contributed by atoms with Crippen molar-refractivity contribution in [3.8, 4) is 0 Å². The number of benzene rings is 2. The highest BCUT2D eigenvalue weighted by atomic mass is 35.5. The average molecular weight is 387 g/mol. The molecule has 2 aromatic carbocycles. The van der Waals surface area contributed by atoms with E-state index in [4.69, 9.17) is 11.6 Å². The van der Waals surface area contributed by atoms with E-state index in [0.717, 1.165) is 11.1 Å². The molecular formula is C22H27ClN2O2. The number of rotatable bonds is 8. The third kappa shape index (κ3) is 6.40. The van der Waals surface area contributed by atoms with Crippen LogP contribution in [0.3, 0.4) is 0 Å². The van der Waals surface area contributed by atoms with E-state index in [0.29, 0.717) is 24.4 Å². The van der Waals surface area contributed by atoms with Crippen LogP contribution in [0.25, 0.3) is 0 Å². The van der Waals surface area contributed by atoms with E-state index >= 15 is 0 Å². The van der Waals surface area contributed by atoms with Crippen LogP contribution in [0.1, 0.15) is 38.3 Å². The van der Waals surface area contributed by atoms with Gasteiger partial charge in [0, 0.05) is 24.0 Å². The minimum atomic E-state index is -0.577. The fraction of sp³-hybridized carbons (Fsp3) is 0.364. The molecule has 27 heavy (non-hydrogen) atoms. The van der Waals surface area contributed by atoms with Crippen LogP contribution in [0.4, 0.5) is 0 Å². The molecule has 5 heteroatoms. The topological polar surface area (TPSA) is 49.4 Å². The number of nitrogens with one attached hydrogen (secondary N) is 1. The Hall–Kier alpha value is -2.33. The monoisotopic (exact) mass is 386 g/mol. The maximum Gasteiger partial charge on any atom is 0.242 e. The molecule has 2 amide bonds. The van der Waals surface area contributed by atoms with Crippen LogP contribution in [-0.2, 0) is 22.6 Å². The Labute approximate surface area is 166 Å². The zero-order valence-electron chi connectivity index (χ0n) is 16.1. The first kappa shape index (κ1) is 21.0. The van der Waals surface area contributed by atoms with Gasteiger partial charge in [0.05, 0.1) is 0 Å². The summed E-state index contributed by atoms with van der Waals surface area (Å²) in [5.41, 5.74) is 1.93. The quantitative estimate of drug-likeness (QED) is 0.738. The smallest absolute Gasteiger partial charge is 0.242 e. The second kappa shape index (κ2) is 10.1. The largest absolute Gasteiger partial charge is 0.352 e. The van der Waals surface area contributed by atoms with E-state index in [1.807, 2.05) is 62.4 Å². The molecule has 144 valence electrons. The predicted molar refractivity (Wildman–Crippen MR) is 110 cm³/mol. The average Bonchev–Trinajstić information content (AvgIpc) is 2.65. The second-order valence-corrected chi connectivity index (χ2v) is 7.35. The number of halogens is 1. The molecule has 0 heterocycles. The zero-order chi connectivity index (χ0) is 19.8. The number of hydrogen-bond acceptors (Lipinski definition) is 2. The lowest BCUT2D eigenvalue weighted by Crippen LogP contribution is -2.49. The zero-order valence-corrected chi connectivity index (χ0v) is 16.9. The molecule has 2 aromatic rings. The first-order valence-corrected chi connectivity index (χ1v) is 9.63. The molecule has 4 nitrogen and oxygen atoms in total. The maximum atomic E-state index is 13.0. The minimum Gasteiger partial charge on any atom is -0.352 e. The lowest BCUT2D eigenvalue weighted by atomic mass is 10.1. The van der Waals surface area contributed by atoms with Crippen LogP contribution in [0.15, 0.2) is 54.6 Å². The lowest BCUT2D eigenvalue weighted by molar-refractivity contribution is -0.140. The van der Waals surface area contributed by atoms with E-state index in [-0.39, 0.29) is 17.9 Å². The summed E-state index contributed by atoms with van der Waals surface area (Å²) in [6.45, 7) is 5.87. The molecule has 0 aliphatic rings. The number of nitrogens with zero attached hydrogens (tertiary/aromatic N) is 1. The van der Waals surface area contributed by atoms with Crippen LogP contribution < -0.4 is 5.32 Å². The van der Waals surface area contributed by atoms with E-state index in [1.165, 1.54) is 0 Å². The maximum absolute atomic E-state index is 13.0. The van der Waals surface area contributed by atoms with Crippen LogP contribution in [0, 0.1) is 0 Å². The van der Waals surface area contributed by atoms with Gasteiger partial charge >= 0.3 is 0 Å². The summed E-state index contributed by atoms with van der Waals surface area (Å²) in [5, 5.41) is 3.48. The Morgan fingerprint density at radius 2 is 1.63 bits per heavy atom. The highest BCUT2D eigenvalue weighted by Gasteiger charge is 2.26. The van der Waals surface area contributed by atoms with Gasteiger partial charge in [-0.15, -0.1) is 0 Å².